The van der Waals surface area contributed by atoms with Gasteiger partial charge in [0, 0.05) is 19.5 Å². The predicted molar refractivity (Wildman–Crippen MR) is 67.1 cm³/mol. The van der Waals surface area contributed by atoms with Crippen LogP contribution in [0.25, 0.3) is 11.0 Å². The summed E-state index contributed by atoms with van der Waals surface area (Å²) in [4.78, 5) is 21.4. The third kappa shape index (κ3) is 1.84. The maximum Gasteiger partial charge on any atom is 0.279 e. The first-order chi connectivity index (χ1) is 8.45. The Hall–Kier alpha value is -1.95. The van der Waals surface area contributed by atoms with E-state index in [1.54, 1.807) is 18.7 Å². The van der Waals surface area contributed by atoms with Crippen molar-refractivity contribution >= 4 is 16.9 Å². The second kappa shape index (κ2) is 4.38. The molecule has 96 valence electrons. The summed E-state index contributed by atoms with van der Waals surface area (Å²) in [7, 11) is 4.86. The van der Waals surface area contributed by atoms with Gasteiger partial charge in [-0.3, -0.25) is 14.3 Å². The zero-order chi connectivity index (χ0) is 13.4. The molecule has 0 unspecified atom stereocenters. The fourth-order valence-electron chi connectivity index (χ4n) is 1.90. The van der Waals surface area contributed by atoms with E-state index in [-0.39, 0.29) is 5.91 Å². The smallest absolute Gasteiger partial charge is 0.274 e. The summed E-state index contributed by atoms with van der Waals surface area (Å²) in [5, 5.41) is 6.36. The summed E-state index contributed by atoms with van der Waals surface area (Å²) in [5.74, 6) is -0.215. The molecule has 0 atom stereocenters. The average molecular weight is 248 g/mol. The van der Waals surface area contributed by atoms with Gasteiger partial charge in [-0.25, -0.2) is 10.0 Å². The lowest BCUT2D eigenvalue weighted by Crippen LogP contribution is -2.26. The Balaban J connectivity index is 2.62. The van der Waals surface area contributed by atoms with E-state index < -0.39 is 0 Å². The van der Waals surface area contributed by atoms with E-state index in [9.17, 15) is 4.79 Å². The molecule has 18 heavy (non-hydrogen) atoms. The SMILES string of the molecule is CON(C)C(=O)c1cc2c(C)nn(C)c2nc1C. The van der Waals surface area contributed by atoms with Crippen LogP contribution in [0, 0.1) is 13.8 Å². The Labute approximate surface area is 105 Å². The largest absolute Gasteiger partial charge is 0.279 e. The van der Waals surface area contributed by atoms with Crippen LogP contribution in [0.5, 0.6) is 0 Å². The number of aryl methyl sites for hydroxylation is 3. The van der Waals surface area contributed by atoms with Crippen molar-refractivity contribution in [2.45, 2.75) is 13.8 Å². The van der Waals surface area contributed by atoms with Gasteiger partial charge in [-0.1, -0.05) is 0 Å². The molecule has 2 rings (SSSR count). The Morgan fingerprint density at radius 1 is 1.39 bits per heavy atom. The Kier molecular flexibility index (Phi) is 3.04. The summed E-state index contributed by atoms with van der Waals surface area (Å²) in [6.07, 6.45) is 0. The van der Waals surface area contributed by atoms with Crippen molar-refractivity contribution in [2.24, 2.45) is 7.05 Å². The number of pyridine rings is 1. The molecule has 2 aromatic heterocycles. The third-order valence-electron chi connectivity index (χ3n) is 2.98. The highest BCUT2D eigenvalue weighted by atomic mass is 16.7. The van der Waals surface area contributed by atoms with Crippen molar-refractivity contribution in [3.8, 4) is 0 Å². The predicted octanol–water partition coefficient (Wildman–Crippen LogP) is 1.22. The van der Waals surface area contributed by atoms with Crippen molar-refractivity contribution in [3.05, 3.63) is 23.0 Å². The quantitative estimate of drug-likeness (QED) is 0.750. The van der Waals surface area contributed by atoms with Gasteiger partial charge in [0.1, 0.15) is 0 Å². The Morgan fingerprint density at radius 3 is 2.67 bits per heavy atom. The number of carbonyl (C=O) groups excluding carboxylic acids is 1. The fraction of sp³-hybridized carbons (Fsp3) is 0.417. The zero-order valence-corrected chi connectivity index (χ0v) is 11.2. The summed E-state index contributed by atoms with van der Waals surface area (Å²) in [6.45, 7) is 3.70. The van der Waals surface area contributed by atoms with Gasteiger partial charge >= 0.3 is 0 Å². The second-order valence-electron chi connectivity index (χ2n) is 4.19. The molecule has 2 aromatic rings. The maximum atomic E-state index is 12.1. The van der Waals surface area contributed by atoms with Crippen LogP contribution in [0.15, 0.2) is 6.07 Å². The van der Waals surface area contributed by atoms with E-state index in [1.165, 1.54) is 12.2 Å². The number of nitrogens with zero attached hydrogens (tertiary/aromatic N) is 4. The highest BCUT2D eigenvalue weighted by molar-refractivity contribution is 5.98. The lowest BCUT2D eigenvalue weighted by molar-refractivity contribution is -0.0757. The Morgan fingerprint density at radius 2 is 2.06 bits per heavy atom. The van der Waals surface area contributed by atoms with Crippen LogP contribution in [0.1, 0.15) is 21.7 Å². The fourth-order valence-corrected chi connectivity index (χ4v) is 1.90. The van der Waals surface area contributed by atoms with Crippen LogP contribution in [0.2, 0.25) is 0 Å². The monoisotopic (exact) mass is 248 g/mol. The summed E-state index contributed by atoms with van der Waals surface area (Å²) in [6, 6.07) is 1.82. The summed E-state index contributed by atoms with van der Waals surface area (Å²) < 4.78 is 1.71. The molecule has 0 saturated heterocycles. The molecule has 1 amide bonds. The topological polar surface area (TPSA) is 60.2 Å². The highest BCUT2D eigenvalue weighted by Crippen LogP contribution is 2.20. The number of aromatic nitrogens is 3. The number of hydrogen-bond acceptors (Lipinski definition) is 4. The molecule has 2 heterocycles. The minimum Gasteiger partial charge on any atom is -0.274 e. The molecule has 0 aliphatic carbocycles. The van der Waals surface area contributed by atoms with Crippen LogP contribution in [-0.4, -0.2) is 39.9 Å². The zero-order valence-electron chi connectivity index (χ0n) is 11.2. The van der Waals surface area contributed by atoms with E-state index in [1.807, 2.05) is 20.0 Å². The molecule has 6 nitrogen and oxygen atoms in total. The van der Waals surface area contributed by atoms with Crippen molar-refractivity contribution in [1.29, 1.82) is 0 Å². The molecular formula is C12H16N4O2. The number of hydrogen-bond donors (Lipinski definition) is 0. The average Bonchev–Trinajstić information content (AvgIpc) is 2.61. The molecule has 0 fully saturated rings. The molecule has 0 bridgehead atoms. The summed E-state index contributed by atoms with van der Waals surface area (Å²) in [5.41, 5.74) is 2.83. The molecule has 0 aliphatic heterocycles. The Bertz CT molecular complexity index is 618. The van der Waals surface area contributed by atoms with Crippen molar-refractivity contribution in [1.82, 2.24) is 19.8 Å². The lowest BCUT2D eigenvalue weighted by Gasteiger charge is -2.14. The minimum absolute atomic E-state index is 0.215. The van der Waals surface area contributed by atoms with Crippen LogP contribution >= 0.6 is 0 Å². The first-order valence-electron chi connectivity index (χ1n) is 5.58. The molecule has 0 spiro atoms. The van der Waals surface area contributed by atoms with Gasteiger partial charge in [0.05, 0.1) is 24.1 Å². The normalized spacial score (nSPS) is 10.9. The maximum absolute atomic E-state index is 12.1. The van der Waals surface area contributed by atoms with Gasteiger partial charge < -0.3 is 0 Å². The van der Waals surface area contributed by atoms with E-state index in [0.717, 1.165) is 16.7 Å². The molecule has 0 N–H and O–H groups in total. The standard InChI is InChI=1S/C12H16N4O2/c1-7-10(12(17)16(4)18-5)6-9-8(2)14-15(3)11(9)13-7/h6H,1-5H3. The molecular weight excluding hydrogens is 232 g/mol. The van der Waals surface area contributed by atoms with Crippen molar-refractivity contribution < 1.29 is 9.63 Å². The number of hydroxylamine groups is 2. The molecule has 0 saturated carbocycles. The van der Waals surface area contributed by atoms with Crippen LogP contribution < -0.4 is 0 Å². The first-order valence-corrected chi connectivity index (χ1v) is 5.58. The van der Waals surface area contributed by atoms with Gasteiger partial charge in [-0.2, -0.15) is 5.10 Å². The van der Waals surface area contributed by atoms with Gasteiger partial charge in [-0.05, 0) is 19.9 Å². The van der Waals surface area contributed by atoms with E-state index >= 15 is 0 Å². The van der Waals surface area contributed by atoms with Crippen LogP contribution in [0.4, 0.5) is 0 Å². The van der Waals surface area contributed by atoms with Crippen molar-refractivity contribution in [2.75, 3.05) is 14.2 Å². The van der Waals surface area contributed by atoms with Gasteiger partial charge in [0.15, 0.2) is 5.65 Å². The molecule has 0 aliphatic rings. The third-order valence-corrected chi connectivity index (χ3v) is 2.98. The van der Waals surface area contributed by atoms with E-state index in [4.69, 9.17) is 4.84 Å². The van der Waals surface area contributed by atoms with Crippen LogP contribution in [0.3, 0.4) is 0 Å². The highest BCUT2D eigenvalue weighted by Gasteiger charge is 2.18. The van der Waals surface area contributed by atoms with E-state index in [2.05, 4.69) is 10.1 Å². The lowest BCUT2D eigenvalue weighted by atomic mass is 10.1. The summed E-state index contributed by atoms with van der Waals surface area (Å²) >= 11 is 0. The molecule has 0 aromatic carbocycles. The first kappa shape index (κ1) is 12.5. The second-order valence-corrected chi connectivity index (χ2v) is 4.19. The van der Waals surface area contributed by atoms with Crippen molar-refractivity contribution in [3.63, 3.8) is 0 Å². The number of amides is 1. The molecule has 0 radical (unpaired) electrons. The van der Waals surface area contributed by atoms with Gasteiger partial charge in [-0.15, -0.1) is 0 Å². The van der Waals surface area contributed by atoms with Gasteiger partial charge in [0.2, 0.25) is 0 Å². The number of carbonyl (C=O) groups is 1. The minimum atomic E-state index is -0.215. The van der Waals surface area contributed by atoms with E-state index in [0.29, 0.717) is 11.3 Å². The number of rotatable bonds is 2. The number of fused-ring (bicyclic) bond motifs is 1. The van der Waals surface area contributed by atoms with Crippen LogP contribution in [-0.2, 0) is 11.9 Å². The molecule has 6 heteroatoms. The van der Waals surface area contributed by atoms with Gasteiger partial charge in [0.25, 0.3) is 5.91 Å².